The van der Waals surface area contributed by atoms with Crippen molar-refractivity contribution in [2.24, 2.45) is 0 Å². The van der Waals surface area contributed by atoms with Crippen LogP contribution in [0.25, 0.3) is 10.4 Å². The van der Waals surface area contributed by atoms with Gasteiger partial charge >= 0.3 is 0 Å². The van der Waals surface area contributed by atoms with E-state index >= 15 is 0 Å². The molecule has 0 unspecified atom stereocenters. The largest absolute Gasteiger partial charge is 0.350 e. The zero-order valence-corrected chi connectivity index (χ0v) is 13.8. The number of fused-ring (bicyclic) bond motifs is 3. The Labute approximate surface area is 133 Å². The van der Waals surface area contributed by atoms with Crippen LogP contribution in [0.3, 0.4) is 0 Å². The monoisotopic (exact) mass is 318 g/mol. The van der Waals surface area contributed by atoms with Crippen molar-refractivity contribution in [1.82, 2.24) is 10.2 Å². The van der Waals surface area contributed by atoms with Gasteiger partial charge in [-0.3, -0.25) is 4.79 Å². The lowest BCUT2D eigenvalue weighted by molar-refractivity contribution is 0.0955. The Bertz CT molecular complexity index is 664. The maximum atomic E-state index is 12.2. The first kappa shape index (κ1) is 14.6. The van der Waals surface area contributed by atoms with Gasteiger partial charge in [-0.15, -0.1) is 23.1 Å². The van der Waals surface area contributed by atoms with E-state index in [4.69, 9.17) is 0 Å². The summed E-state index contributed by atoms with van der Waals surface area (Å²) in [6, 6.07) is 10.5. The van der Waals surface area contributed by atoms with Crippen LogP contribution in [0.1, 0.15) is 15.2 Å². The van der Waals surface area contributed by atoms with Crippen LogP contribution in [0.15, 0.2) is 35.2 Å². The van der Waals surface area contributed by atoms with Gasteiger partial charge in [0.1, 0.15) is 0 Å². The first-order chi connectivity index (χ1) is 10.1. The number of likely N-dealkylation sites (N-methyl/N-ethyl adjacent to an activating group) is 1. The summed E-state index contributed by atoms with van der Waals surface area (Å²) < 4.78 is 0. The first-order valence-electron chi connectivity index (χ1n) is 6.93. The maximum Gasteiger partial charge on any atom is 0.261 e. The van der Waals surface area contributed by atoms with E-state index in [0.717, 1.165) is 17.2 Å². The maximum absolute atomic E-state index is 12.2. The number of rotatable bonds is 4. The fourth-order valence-corrected chi connectivity index (χ4v) is 4.62. The predicted octanol–water partition coefficient (Wildman–Crippen LogP) is 3.31. The molecular weight excluding hydrogens is 300 g/mol. The van der Waals surface area contributed by atoms with Gasteiger partial charge in [0.05, 0.1) is 4.88 Å². The van der Waals surface area contributed by atoms with Crippen molar-refractivity contribution >= 4 is 29.0 Å². The molecule has 0 fully saturated rings. The summed E-state index contributed by atoms with van der Waals surface area (Å²) in [4.78, 5) is 17.7. The lowest BCUT2D eigenvalue weighted by Gasteiger charge is -2.14. The summed E-state index contributed by atoms with van der Waals surface area (Å²) in [6.45, 7) is 1.54. The molecule has 0 atom stereocenters. The lowest BCUT2D eigenvalue weighted by atomic mass is 10.1. The molecule has 5 heteroatoms. The number of hydrogen-bond donors (Lipinski definition) is 1. The summed E-state index contributed by atoms with van der Waals surface area (Å²) in [5.74, 6) is 0.993. The van der Waals surface area contributed by atoms with E-state index in [0.29, 0.717) is 6.54 Å². The minimum absolute atomic E-state index is 0.0405. The van der Waals surface area contributed by atoms with Crippen molar-refractivity contribution in [1.29, 1.82) is 0 Å². The molecule has 3 rings (SSSR count). The van der Waals surface area contributed by atoms with Crippen LogP contribution in [0.2, 0.25) is 0 Å². The number of benzene rings is 1. The second-order valence-corrected chi connectivity index (χ2v) is 7.38. The Morgan fingerprint density at radius 2 is 2.14 bits per heavy atom. The second kappa shape index (κ2) is 6.22. The molecule has 0 saturated carbocycles. The van der Waals surface area contributed by atoms with Gasteiger partial charge in [-0.25, -0.2) is 0 Å². The van der Waals surface area contributed by atoms with Crippen molar-refractivity contribution in [3.63, 3.8) is 0 Å². The number of carbonyl (C=O) groups excluding carboxylic acids is 1. The number of hydrogen-bond acceptors (Lipinski definition) is 4. The van der Waals surface area contributed by atoms with E-state index in [1.807, 2.05) is 31.9 Å². The van der Waals surface area contributed by atoms with Gasteiger partial charge in [0.2, 0.25) is 0 Å². The Balaban J connectivity index is 1.79. The van der Waals surface area contributed by atoms with Crippen molar-refractivity contribution < 1.29 is 4.79 Å². The van der Waals surface area contributed by atoms with Gasteiger partial charge in [-0.2, -0.15) is 0 Å². The minimum atomic E-state index is 0.0405. The summed E-state index contributed by atoms with van der Waals surface area (Å²) >= 11 is 3.45. The van der Waals surface area contributed by atoms with Crippen LogP contribution in [0, 0.1) is 0 Å². The third kappa shape index (κ3) is 3.15. The molecule has 110 valence electrons. The molecule has 0 spiro atoms. The number of nitrogens with one attached hydrogen (secondary N) is 1. The van der Waals surface area contributed by atoms with Gasteiger partial charge in [-0.1, -0.05) is 18.2 Å². The zero-order valence-electron chi connectivity index (χ0n) is 12.2. The number of amides is 1. The first-order valence-corrected chi connectivity index (χ1v) is 8.73. The van der Waals surface area contributed by atoms with Gasteiger partial charge < -0.3 is 10.2 Å². The number of thioether (sulfide) groups is 1. The molecule has 2 aromatic rings. The molecule has 1 amide bonds. The number of nitrogens with zero attached hydrogens (tertiary/aromatic N) is 1. The highest BCUT2D eigenvalue weighted by molar-refractivity contribution is 7.98. The highest BCUT2D eigenvalue weighted by Gasteiger charge is 2.21. The average Bonchev–Trinajstić information content (AvgIpc) is 2.91. The van der Waals surface area contributed by atoms with Crippen LogP contribution in [-0.4, -0.2) is 38.0 Å². The Kier molecular flexibility index (Phi) is 4.33. The van der Waals surface area contributed by atoms with Gasteiger partial charge in [0.25, 0.3) is 5.91 Å². The Morgan fingerprint density at radius 1 is 1.33 bits per heavy atom. The lowest BCUT2D eigenvalue weighted by Crippen LogP contribution is -2.30. The minimum Gasteiger partial charge on any atom is -0.350 e. The molecule has 21 heavy (non-hydrogen) atoms. The summed E-state index contributed by atoms with van der Waals surface area (Å²) in [5, 5.41) is 2.99. The third-order valence-electron chi connectivity index (χ3n) is 3.39. The highest BCUT2D eigenvalue weighted by atomic mass is 32.2. The van der Waals surface area contributed by atoms with E-state index in [2.05, 4.69) is 34.5 Å². The van der Waals surface area contributed by atoms with Crippen molar-refractivity contribution in [2.75, 3.05) is 27.2 Å². The van der Waals surface area contributed by atoms with E-state index < -0.39 is 0 Å². The number of thiophene rings is 1. The second-order valence-electron chi connectivity index (χ2n) is 5.31. The van der Waals surface area contributed by atoms with E-state index in [-0.39, 0.29) is 5.91 Å². The fourth-order valence-electron chi connectivity index (χ4n) is 2.29. The average molecular weight is 318 g/mol. The molecule has 0 radical (unpaired) electrons. The molecule has 0 saturated heterocycles. The quantitative estimate of drug-likeness (QED) is 0.938. The molecule has 0 aliphatic carbocycles. The van der Waals surface area contributed by atoms with Crippen molar-refractivity contribution in [3.8, 4) is 10.4 Å². The summed E-state index contributed by atoms with van der Waals surface area (Å²) in [7, 11) is 4.01. The summed E-state index contributed by atoms with van der Waals surface area (Å²) in [5.41, 5.74) is 2.54. The molecule has 0 bridgehead atoms. The zero-order chi connectivity index (χ0) is 14.8. The van der Waals surface area contributed by atoms with Crippen molar-refractivity contribution in [3.05, 3.63) is 40.8 Å². The highest BCUT2D eigenvalue weighted by Crippen LogP contribution is 2.45. The predicted molar refractivity (Wildman–Crippen MR) is 90.2 cm³/mol. The smallest absolute Gasteiger partial charge is 0.261 e. The molecule has 1 aromatic heterocycles. The van der Waals surface area contributed by atoms with E-state index in [9.17, 15) is 4.79 Å². The molecule has 1 aromatic carbocycles. The van der Waals surface area contributed by atoms with Crippen LogP contribution >= 0.6 is 23.1 Å². The number of carbonyl (C=O) groups is 1. The molecule has 2 heterocycles. The fraction of sp³-hybridized carbons (Fsp3) is 0.312. The van der Waals surface area contributed by atoms with Crippen LogP contribution in [-0.2, 0) is 5.75 Å². The molecule has 3 nitrogen and oxygen atoms in total. The van der Waals surface area contributed by atoms with Crippen molar-refractivity contribution in [2.45, 2.75) is 10.6 Å². The molecule has 1 aliphatic heterocycles. The van der Waals surface area contributed by atoms with E-state index in [1.165, 1.54) is 20.9 Å². The molecule has 1 aliphatic rings. The normalized spacial score (nSPS) is 12.9. The topological polar surface area (TPSA) is 32.3 Å². The van der Waals surface area contributed by atoms with Crippen LogP contribution in [0.4, 0.5) is 0 Å². The van der Waals surface area contributed by atoms with Crippen LogP contribution < -0.4 is 5.32 Å². The Morgan fingerprint density at radius 3 is 2.95 bits per heavy atom. The van der Waals surface area contributed by atoms with Crippen LogP contribution in [0.5, 0.6) is 0 Å². The van der Waals surface area contributed by atoms with Gasteiger partial charge in [0.15, 0.2) is 0 Å². The Hall–Kier alpha value is -1.30. The standard InChI is InChI=1S/C16H18N2OS2/c1-18(2)8-7-17-16(19)14-9-11-10-20-13-6-4-3-5-12(13)15(11)21-14/h3-6,9H,7-8,10H2,1-2H3,(H,17,19). The SMILES string of the molecule is CN(C)CCNC(=O)c1cc2c(s1)-c1ccccc1SC2. The van der Waals surface area contributed by atoms with Gasteiger partial charge in [0, 0.05) is 34.2 Å². The van der Waals surface area contributed by atoms with E-state index in [1.54, 1.807) is 11.3 Å². The summed E-state index contributed by atoms with van der Waals surface area (Å²) in [6.07, 6.45) is 0. The third-order valence-corrected chi connectivity index (χ3v) is 5.72. The molecular formula is C16H18N2OS2. The molecule has 1 N–H and O–H groups in total. The van der Waals surface area contributed by atoms with Gasteiger partial charge in [-0.05, 0) is 31.8 Å².